The van der Waals surface area contributed by atoms with Crippen LogP contribution in [-0.2, 0) is 6.18 Å². The van der Waals surface area contributed by atoms with Gasteiger partial charge in [-0.3, -0.25) is 0 Å². The maximum atomic E-state index is 12.7. The average molecular weight is 312 g/mol. The van der Waals surface area contributed by atoms with Crippen LogP contribution in [0.4, 0.5) is 13.2 Å². The summed E-state index contributed by atoms with van der Waals surface area (Å²) < 4.78 is 43.5. The van der Waals surface area contributed by atoms with Crippen LogP contribution in [0.1, 0.15) is 17.0 Å². The Kier molecular flexibility index (Phi) is 4.92. The van der Waals surface area contributed by atoms with Crippen LogP contribution in [0.25, 0.3) is 0 Å². The number of alkyl halides is 3. The Morgan fingerprint density at radius 1 is 1.05 bits per heavy atom. The normalized spacial score (nSPS) is 12.9. The number of hydrogen-bond acceptors (Lipinski definition) is 3. The summed E-state index contributed by atoms with van der Waals surface area (Å²) in [5.74, 6) is -0.188. The van der Waals surface area contributed by atoms with Crippen LogP contribution in [0, 0.1) is 0 Å². The molecule has 22 heavy (non-hydrogen) atoms. The number of hydrogen-bond donors (Lipinski definition) is 2. The number of halogens is 3. The molecule has 0 saturated heterocycles. The molecule has 0 bridgehead atoms. The molecule has 2 N–H and O–H groups in total. The van der Waals surface area contributed by atoms with Crippen molar-refractivity contribution >= 4 is 0 Å². The van der Waals surface area contributed by atoms with Gasteiger partial charge in [0.25, 0.3) is 0 Å². The molecule has 6 heteroatoms. The second kappa shape index (κ2) is 6.70. The molecule has 0 radical (unpaired) electrons. The highest BCUT2D eigenvalue weighted by Gasteiger charge is 2.31. The van der Waals surface area contributed by atoms with Crippen LogP contribution in [0.15, 0.2) is 48.5 Å². The van der Waals surface area contributed by atoms with E-state index >= 15 is 0 Å². The summed E-state index contributed by atoms with van der Waals surface area (Å²) in [6.07, 6.45) is -4.43. The minimum absolute atomic E-state index is 0.00125. The van der Waals surface area contributed by atoms with Crippen molar-refractivity contribution in [2.24, 2.45) is 0 Å². The summed E-state index contributed by atoms with van der Waals surface area (Å²) >= 11 is 0. The zero-order valence-corrected chi connectivity index (χ0v) is 11.5. The molecule has 0 amide bonds. The van der Waals surface area contributed by atoms with Gasteiger partial charge in [0.1, 0.15) is 11.5 Å². The molecule has 0 aliphatic rings. The summed E-state index contributed by atoms with van der Waals surface area (Å²) in [4.78, 5) is 0. The van der Waals surface area contributed by atoms with Gasteiger partial charge in [-0.1, -0.05) is 24.3 Å². The summed E-state index contributed by atoms with van der Waals surface area (Å²) in [5, 5.41) is 18.7. The van der Waals surface area contributed by atoms with Crippen molar-refractivity contribution in [3.63, 3.8) is 0 Å². The van der Waals surface area contributed by atoms with Crippen molar-refractivity contribution in [1.29, 1.82) is 0 Å². The minimum Gasteiger partial charge on any atom is -0.508 e. The smallest absolute Gasteiger partial charge is 0.416 e. The van der Waals surface area contributed by atoms with Crippen molar-refractivity contribution in [2.45, 2.75) is 12.1 Å². The van der Waals surface area contributed by atoms with Gasteiger partial charge in [-0.15, -0.1) is 0 Å². The monoisotopic (exact) mass is 312 g/mol. The largest absolute Gasteiger partial charge is 0.508 e. The predicted octanol–water partition coefficient (Wildman–Crippen LogP) is 3.57. The summed E-state index contributed by atoms with van der Waals surface area (Å²) in [5.41, 5.74) is -0.418. The van der Waals surface area contributed by atoms with Gasteiger partial charge in [-0.2, -0.15) is 13.2 Å². The first-order chi connectivity index (χ1) is 10.4. The lowest BCUT2D eigenvalue weighted by molar-refractivity contribution is -0.137. The van der Waals surface area contributed by atoms with E-state index in [-0.39, 0.29) is 19.0 Å². The predicted molar refractivity (Wildman–Crippen MR) is 74.9 cm³/mol. The number of benzene rings is 2. The lowest BCUT2D eigenvalue weighted by Gasteiger charge is -2.17. The first kappa shape index (κ1) is 16.2. The number of rotatable bonds is 5. The molecule has 0 aromatic heterocycles. The highest BCUT2D eigenvalue weighted by molar-refractivity contribution is 5.32. The molecule has 0 saturated carbocycles. The number of ether oxygens (including phenoxy) is 1. The quantitative estimate of drug-likeness (QED) is 0.887. The van der Waals surface area contributed by atoms with Gasteiger partial charge < -0.3 is 14.9 Å². The van der Waals surface area contributed by atoms with E-state index in [4.69, 9.17) is 4.74 Å². The highest BCUT2D eigenvalue weighted by Crippen LogP contribution is 2.31. The van der Waals surface area contributed by atoms with E-state index < -0.39 is 17.7 Å². The first-order valence-corrected chi connectivity index (χ1v) is 6.60. The van der Waals surface area contributed by atoms with Gasteiger partial charge in [0.2, 0.25) is 0 Å². The Morgan fingerprint density at radius 3 is 2.41 bits per heavy atom. The molecular formula is C16H15F3O3. The standard InChI is InChI=1S/C16H15F3O3/c17-16(18,19)13-4-1-3-11(7-13)12(9-20)10-22-15-6-2-5-14(21)8-15/h1-8,12,20-21H,9-10H2. The van der Waals surface area contributed by atoms with Gasteiger partial charge in [0, 0.05) is 12.0 Å². The van der Waals surface area contributed by atoms with Gasteiger partial charge >= 0.3 is 6.18 Å². The van der Waals surface area contributed by atoms with Crippen LogP contribution in [0.2, 0.25) is 0 Å². The molecule has 1 unspecified atom stereocenters. The van der Waals surface area contributed by atoms with E-state index in [2.05, 4.69) is 0 Å². The molecule has 0 aliphatic heterocycles. The Labute approximate surface area is 125 Å². The van der Waals surface area contributed by atoms with E-state index in [1.807, 2.05) is 0 Å². The van der Waals surface area contributed by atoms with E-state index in [0.717, 1.165) is 12.1 Å². The number of phenolic OH excluding ortho intramolecular Hbond substituents is 1. The number of aliphatic hydroxyl groups excluding tert-OH is 1. The van der Waals surface area contributed by atoms with E-state index in [0.29, 0.717) is 11.3 Å². The Balaban J connectivity index is 2.11. The molecule has 0 aliphatic carbocycles. The van der Waals surface area contributed by atoms with E-state index in [1.165, 1.54) is 24.3 Å². The Bertz CT molecular complexity index is 626. The van der Waals surface area contributed by atoms with Crippen molar-refractivity contribution < 1.29 is 28.1 Å². The van der Waals surface area contributed by atoms with Gasteiger partial charge in [-0.05, 0) is 23.8 Å². The molecule has 2 rings (SSSR count). The van der Waals surface area contributed by atoms with Crippen molar-refractivity contribution in [3.05, 3.63) is 59.7 Å². The van der Waals surface area contributed by atoms with E-state index in [9.17, 15) is 23.4 Å². The lowest BCUT2D eigenvalue weighted by Crippen LogP contribution is -2.15. The van der Waals surface area contributed by atoms with Gasteiger partial charge in [-0.25, -0.2) is 0 Å². The zero-order valence-electron chi connectivity index (χ0n) is 11.5. The highest BCUT2D eigenvalue weighted by atomic mass is 19.4. The van der Waals surface area contributed by atoms with Crippen molar-refractivity contribution in [1.82, 2.24) is 0 Å². The minimum atomic E-state index is -4.43. The maximum Gasteiger partial charge on any atom is 0.416 e. The van der Waals surface area contributed by atoms with Crippen LogP contribution < -0.4 is 4.74 Å². The molecule has 2 aromatic carbocycles. The maximum absolute atomic E-state index is 12.7. The number of aromatic hydroxyl groups is 1. The molecule has 0 fully saturated rings. The molecule has 2 aromatic rings. The lowest BCUT2D eigenvalue weighted by atomic mass is 9.98. The van der Waals surface area contributed by atoms with Gasteiger partial charge in [0.15, 0.2) is 0 Å². The Morgan fingerprint density at radius 2 is 1.77 bits per heavy atom. The molecule has 3 nitrogen and oxygen atoms in total. The van der Waals surface area contributed by atoms with Crippen LogP contribution in [0.3, 0.4) is 0 Å². The fourth-order valence-corrected chi connectivity index (χ4v) is 1.99. The molecule has 0 spiro atoms. The molecule has 0 heterocycles. The molecule has 1 atom stereocenters. The summed E-state index contributed by atoms with van der Waals surface area (Å²) in [6.45, 7) is -0.346. The SMILES string of the molecule is OCC(COc1cccc(O)c1)c1cccc(C(F)(F)F)c1. The fraction of sp³-hybridized carbons (Fsp3) is 0.250. The van der Waals surface area contributed by atoms with Crippen LogP contribution >= 0.6 is 0 Å². The first-order valence-electron chi connectivity index (χ1n) is 6.60. The van der Waals surface area contributed by atoms with Crippen molar-refractivity contribution in [3.8, 4) is 11.5 Å². The number of phenols is 1. The van der Waals surface area contributed by atoms with Crippen LogP contribution in [0.5, 0.6) is 11.5 Å². The zero-order chi connectivity index (χ0) is 16.2. The summed E-state index contributed by atoms with van der Waals surface area (Å²) in [7, 11) is 0. The third-order valence-corrected chi connectivity index (χ3v) is 3.17. The second-order valence-electron chi connectivity index (χ2n) is 4.81. The Hall–Kier alpha value is -2.21. The third kappa shape index (κ3) is 4.14. The number of aliphatic hydroxyl groups is 1. The average Bonchev–Trinajstić information content (AvgIpc) is 2.47. The topological polar surface area (TPSA) is 49.7 Å². The van der Waals surface area contributed by atoms with E-state index in [1.54, 1.807) is 12.1 Å². The molecule has 118 valence electrons. The summed E-state index contributed by atoms with van der Waals surface area (Å²) in [6, 6.07) is 10.9. The van der Waals surface area contributed by atoms with Gasteiger partial charge in [0.05, 0.1) is 18.8 Å². The fourth-order valence-electron chi connectivity index (χ4n) is 1.99. The van der Waals surface area contributed by atoms with Crippen molar-refractivity contribution in [2.75, 3.05) is 13.2 Å². The second-order valence-corrected chi connectivity index (χ2v) is 4.81. The third-order valence-electron chi connectivity index (χ3n) is 3.17. The molecular weight excluding hydrogens is 297 g/mol. The van der Waals surface area contributed by atoms with Crippen LogP contribution in [-0.4, -0.2) is 23.4 Å².